The fourth-order valence-electron chi connectivity index (χ4n) is 3.26. The Hall–Kier alpha value is -0.620. The van der Waals surface area contributed by atoms with E-state index in [4.69, 9.17) is 10.5 Å². The molecule has 0 radical (unpaired) electrons. The second-order valence-electron chi connectivity index (χ2n) is 5.97. The fourth-order valence-corrected chi connectivity index (χ4v) is 3.67. The highest BCUT2D eigenvalue weighted by Crippen LogP contribution is 2.29. The van der Waals surface area contributed by atoms with Crippen LogP contribution in [0.15, 0.2) is 28.7 Å². The highest BCUT2D eigenvalue weighted by Gasteiger charge is 2.33. The Balaban J connectivity index is 0.00000176. The molecule has 2 N–H and O–H groups in total. The number of morpholine rings is 1. The van der Waals surface area contributed by atoms with Crippen molar-refractivity contribution >= 4 is 34.2 Å². The zero-order chi connectivity index (χ0) is 14.8. The molecule has 0 bridgehead atoms. The zero-order valence-corrected chi connectivity index (χ0v) is 14.8. The number of ether oxygens (including phenoxy) is 1. The number of nitrogens with two attached hydrogens (primary N) is 1. The van der Waals surface area contributed by atoms with Crippen LogP contribution in [0.4, 0.5) is 0 Å². The molecule has 0 aromatic heterocycles. The van der Waals surface area contributed by atoms with Crippen LogP contribution in [0.2, 0.25) is 0 Å². The molecular formula is C16H22BrClN2O2. The third-order valence-corrected chi connectivity index (χ3v) is 4.91. The quantitative estimate of drug-likeness (QED) is 0.846. The largest absolute Gasteiger partial charge is 0.370 e. The summed E-state index contributed by atoms with van der Waals surface area (Å²) in [4.78, 5) is 14.6. The summed E-state index contributed by atoms with van der Waals surface area (Å²) in [6.45, 7) is 1.93. The number of hydrogen-bond acceptors (Lipinski definition) is 3. The number of amides is 1. The second-order valence-corrected chi connectivity index (χ2v) is 6.88. The van der Waals surface area contributed by atoms with Gasteiger partial charge in [-0.2, -0.15) is 0 Å². The standard InChI is InChI=1S/C16H21BrN2O2.ClH/c17-13-3-1-2-11(8-13)15-10-19(6-7-21-15)16(20)12-4-5-14(18)9-12;/h1-3,8,12,14-15H,4-7,9-10,18H2;1H. The number of carbonyl (C=O) groups excluding carboxylic acids is 1. The van der Waals surface area contributed by atoms with Gasteiger partial charge in [-0.1, -0.05) is 28.1 Å². The number of rotatable bonds is 2. The zero-order valence-electron chi connectivity index (χ0n) is 12.4. The van der Waals surface area contributed by atoms with Crippen molar-refractivity contribution in [3.8, 4) is 0 Å². The van der Waals surface area contributed by atoms with Crippen LogP contribution in [0.25, 0.3) is 0 Å². The molecule has 2 aliphatic rings. The minimum absolute atomic E-state index is 0. The highest BCUT2D eigenvalue weighted by molar-refractivity contribution is 9.10. The smallest absolute Gasteiger partial charge is 0.225 e. The number of nitrogens with zero attached hydrogens (tertiary/aromatic N) is 1. The third-order valence-electron chi connectivity index (χ3n) is 4.42. The van der Waals surface area contributed by atoms with Gasteiger partial charge in [0.1, 0.15) is 6.10 Å². The van der Waals surface area contributed by atoms with Crippen molar-refractivity contribution in [3.05, 3.63) is 34.3 Å². The summed E-state index contributed by atoms with van der Waals surface area (Å²) < 4.78 is 6.88. The molecule has 122 valence electrons. The molecule has 3 rings (SSSR count). The van der Waals surface area contributed by atoms with Gasteiger partial charge in [0, 0.05) is 23.0 Å². The van der Waals surface area contributed by atoms with Crippen molar-refractivity contribution in [3.63, 3.8) is 0 Å². The first-order chi connectivity index (χ1) is 10.1. The number of halogens is 2. The van der Waals surface area contributed by atoms with Crippen LogP contribution in [0.3, 0.4) is 0 Å². The Morgan fingerprint density at radius 2 is 2.18 bits per heavy atom. The lowest BCUT2D eigenvalue weighted by atomic mass is 10.0. The first-order valence-corrected chi connectivity index (χ1v) is 8.34. The summed E-state index contributed by atoms with van der Waals surface area (Å²) in [5, 5.41) is 0. The van der Waals surface area contributed by atoms with Crippen molar-refractivity contribution in [1.29, 1.82) is 0 Å². The third kappa shape index (κ3) is 4.02. The molecule has 2 fully saturated rings. The Kier molecular flexibility index (Phi) is 6.26. The average Bonchev–Trinajstić information content (AvgIpc) is 2.93. The maximum atomic E-state index is 12.6. The second kappa shape index (κ2) is 7.77. The minimum atomic E-state index is -0.0322. The molecule has 1 saturated heterocycles. The number of hydrogen-bond donors (Lipinski definition) is 1. The molecule has 0 spiro atoms. The van der Waals surface area contributed by atoms with Crippen molar-refractivity contribution in [1.82, 2.24) is 4.90 Å². The molecule has 6 heteroatoms. The number of benzene rings is 1. The molecule has 1 aromatic rings. The van der Waals surface area contributed by atoms with Crippen LogP contribution in [0.1, 0.15) is 30.9 Å². The van der Waals surface area contributed by atoms with Crippen molar-refractivity contribution in [2.24, 2.45) is 11.7 Å². The maximum absolute atomic E-state index is 12.6. The lowest BCUT2D eigenvalue weighted by Crippen LogP contribution is -2.44. The van der Waals surface area contributed by atoms with E-state index < -0.39 is 0 Å². The Bertz CT molecular complexity index is 529. The molecule has 1 saturated carbocycles. The normalized spacial score (nSPS) is 28.3. The summed E-state index contributed by atoms with van der Waals surface area (Å²) >= 11 is 3.48. The summed E-state index contributed by atoms with van der Waals surface area (Å²) in [5.41, 5.74) is 7.04. The molecule has 3 unspecified atom stereocenters. The van der Waals surface area contributed by atoms with Gasteiger partial charge in [0.15, 0.2) is 0 Å². The van der Waals surface area contributed by atoms with E-state index in [-0.39, 0.29) is 36.4 Å². The highest BCUT2D eigenvalue weighted by atomic mass is 79.9. The SMILES string of the molecule is Cl.NC1CCC(C(=O)N2CCOC(c3cccc(Br)c3)C2)C1. The van der Waals surface area contributed by atoms with E-state index in [9.17, 15) is 4.79 Å². The molecular weight excluding hydrogens is 368 g/mol. The van der Waals surface area contributed by atoms with Crippen molar-refractivity contribution < 1.29 is 9.53 Å². The van der Waals surface area contributed by atoms with E-state index in [2.05, 4.69) is 28.1 Å². The van der Waals surface area contributed by atoms with E-state index in [1.54, 1.807) is 0 Å². The summed E-state index contributed by atoms with van der Waals surface area (Å²) in [6, 6.07) is 8.30. The lowest BCUT2D eigenvalue weighted by molar-refractivity contribution is -0.143. The van der Waals surface area contributed by atoms with Crippen LogP contribution in [-0.2, 0) is 9.53 Å². The monoisotopic (exact) mass is 388 g/mol. The van der Waals surface area contributed by atoms with E-state index in [1.807, 2.05) is 17.0 Å². The van der Waals surface area contributed by atoms with Crippen LogP contribution < -0.4 is 5.73 Å². The molecule has 1 aliphatic carbocycles. The van der Waals surface area contributed by atoms with Gasteiger partial charge >= 0.3 is 0 Å². The summed E-state index contributed by atoms with van der Waals surface area (Å²) in [5.74, 6) is 0.368. The summed E-state index contributed by atoms with van der Waals surface area (Å²) in [7, 11) is 0. The lowest BCUT2D eigenvalue weighted by Gasteiger charge is -2.34. The van der Waals surface area contributed by atoms with Gasteiger partial charge in [-0.15, -0.1) is 12.4 Å². The first kappa shape index (κ1) is 17.7. The van der Waals surface area contributed by atoms with Crippen LogP contribution in [0, 0.1) is 5.92 Å². The predicted octanol–water partition coefficient (Wildman–Crippen LogP) is 2.90. The van der Waals surface area contributed by atoms with E-state index in [1.165, 1.54) is 0 Å². The van der Waals surface area contributed by atoms with Crippen molar-refractivity contribution in [2.45, 2.75) is 31.4 Å². The predicted molar refractivity (Wildman–Crippen MR) is 92.0 cm³/mol. The summed E-state index contributed by atoms with van der Waals surface area (Å²) in [6.07, 6.45) is 2.70. The van der Waals surface area contributed by atoms with Gasteiger partial charge < -0.3 is 15.4 Å². The van der Waals surface area contributed by atoms with Gasteiger partial charge in [-0.25, -0.2) is 0 Å². The Morgan fingerprint density at radius 1 is 1.36 bits per heavy atom. The van der Waals surface area contributed by atoms with Crippen molar-refractivity contribution in [2.75, 3.05) is 19.7 Å². The van der Waals surface area contributed by atoms with Gasteiger partial charge in [0.05, 0.1) is 13.2 Å². The Morgan fingerprint density at radius 3 is 2.86 bits per heavy atom. The van der Waals surface area contributed by atoms with Crippen LogP contribution in [0.5, 0.6) is 0 Å². The van der Waals surface area contributed by atoms with Crippen LogP contribution in [-0.4, -0.2) is 36.5 Å². The molecule has 4 nitrogen and oxygen atoms in total. The topological polar surface area (TPSA) is 55.6 Å². The average molecular weight is 390 g/mol. The minimum Gasteiger partial charge on any atom is -0.370 e. The van der Waals surface area contributed by atoms with Gasteiger partial charge in [-0.3, -0.25) is 4.79 Å². The first-order valence-electron chi connectivity index (χ1n) is 7.55. The molecule has 1 heterocycles. The maximum Gasteiger partial charge on any atom is 0.225 e. The van der Waals surface area contributed by atoms with Gasteiger partial charge in [-0.05, 0) is 37.0 Å². The van der Waals surface area contributed by atoms with Gasteiger partial charge in [0.25, 0.3) is 0 Å². The number of carbonyl (C=O) groups is 1. The van der Waals surface area contributed by atoms with Crippen LogP contribution >= 0.6 is 28.3 Å². The molecule has 22 heavy (non-hydrogen) atoms. The Labute approximate surface area is 145 Å². The molecule has 1 aromatic carbocycles. The molecule has 1 aliphatic heterocycles. The molecule has 3 atom stereocenters. The fraction of sp³-hybridized carbons (Fsp3) is 0.562. The van der Waals surface area contributed by atoms with E-state index in [0.717, 1.165) is 29.3 Å². The van der Waals surface area contributed by atoms with Gasteiger partial charge in [0.2, 0.25) is 5.91 Å². The molecule has 1 amide bonds. The van der Waals surface area contributed by atoms with E-state index in [0.29, 0.717) is 19.7 Å². The van der Waals surface area contributed by atoms with E-state index >= 15 is 0 Å².